The summed E-state index contributed by atoms with van der Waals surface area (Å²) in [6, 6.07) is 14.1. The molecule has 0 spiro atoms. The fraction of sp³-hybridized carbons (Fsp3) is 0.364. The summed E-state index contributed by atoms with van der Waals surface area (Å²) in [4.78, 5) is 24.9. The van der Waals surface area contributed by atoms with Crippen molar-refractivity contribution >= 4 is 29.1 Å². The zero-order valence-electron chi connectivity index (χ0n) is 15.9. The molecule has 2 amide bonds. The number of benzene rings is 2. The molecule has 148 valence electrons. The molecule has 1 aliphatic rings. The van der Waals surface area contributed by atoms with Gasteiger partial charge in [-0.3, -0.25) is 9.59 Å². The number of anilines is 1. The Bertz CT molecular complexity index is 826. The minimum Gasteiger partial charge on any atom is -0.483 e. The fourth-order valence-electron chi connectivity index (χ4n) is 3.45. The quantitative estimate of drug-likeness (QED) is 0.740. The number of halogens is 1. The number of rotatable bonds is 6. The van der Waals surface area contributed by atoms with E-state index in [1.165, 1.54) is 12.5 Å². The van der Waals surface area contributed by atoms with Crippen molar-refractivity contribution in [1.82, 2.24) is 5.32 Å². The van der Waals surface area contributed by atoms with Crippen molar-refractivity contribution < 1.29 is 14.3 Å². The van der Waals surface area contributed by atoms with Crippen LogP contribution in [0, 0.1) is 5.92 Å². The second-order valence-electron chi connectivity index (χ2n) is 7.19. The number of hydrogen-bond acceptors (Lipinski definition) is 3. The van der Waals surface area contributed by atoms with Crippen LogP contribution >= 0.6 is 11.6 Å². The number of para-hydroxylation sites is 1. The van der Waals surface area contributed by atoms with Gasteiger partial charge in [-0.2, -0.15) is 0 Å². The summed E-state index contributed by atoms with van der Waals surface area (Å²) in [5, 5.41) is 6.28. The zero-order valence-corrected chi connectivity index (χ0v) is 16.7. The molecular formula is C22H25ClN2O3. The molecule has 0 heterocycles. The molecule has 0 saturated heterocycles. The number of amides is 2. The maximum atomic E-state index is 12.6. The second kappa shape index (κ2) is 9.60. The van der Waals surface area contributed by atoms with Crippen LogP contribution in [0.15, 0.2) is 48.5 Å². The van der Waals surface area contributed by atoms with Crippen molar-refractivity contribution in [1.29, 1.82) is 0 Å². The van der Waals surface area contributed by atoms with Gasteiger partial charge < -0.3 is 15.4 Å². The van der Waals surface area contributed by atoms with E-state index in [1.54, 1.807) is 24.3 Å². The normalized spacial score (nSPS) is 18.9. The lowest BCUT2D eigenvalue weighted by Crippen LogP contribution is -2.43. The van der Waals surface area contributed by atoms with Crippen molar-refractivity contribution in [3.8, 4) is 5.75 Å². The first-order valence-electron chi connectivity index (χ1n) is 9.61. The van der Waals surface area contributed by atoms with Crippen molar-refractivity contribution in [3.05, 3.63) is 59.1 Å². The zero-order chi connectivity index (χ0) is 19.9. The van der Waals surface area contributed by atoms with Gasteiger partial charge in [0.2, 0.25) is 0 Å². The number of carbonyl (C=O) groups excluding carboxylic acids is 2. The van der Waals surface area contributed by atoms with Crippen LogP contribution in [0.3, 0.4) is 0 Å². The van der Waals surface area contributed by atoms with Crippen LogP contribution in [0.5, 0.6) is 5.75 Å². The van der Waals surface area contributed by atoms with Crippen LogP contribution in [-0.4, -0.2) is 24.5 Å². The Hall–Kier alpha value is -2.53. The molecule has 2 aromatic rings. The number of ether oxygens (including phenoxy) is 1. The largest absolute Gasteiger partial charge is 0.483 e. The Morgan fingerprint density at radius 1 is 1.11 bits per heavy atom. The Kier molecular flexibility index (Phi) is 6.93. The summed E-state index contributed by atoms with van der Waals surface area (Å²) in [5.41, 5.74) is 0.956. The van der Waals surface area contributed by atoms with E-state index in [4.69, 9.17) is 16.3 Å². The first-order chi connectivity index (χ1) is 13.5. The summed E-state index contributed by atoms with van der Waals surface area (Å²) < 4.78 is 5.66. The maximum absolute atomic E-state index is 12.6. The first kappa shape index (κ1) is 20.2. The molecule has 6 heteroatoms. The van der Waals surface area contributed by atoms with E-state index in [2.05, 4.69) is 17.6 Å². The van der Waals surface area contributed by atoms with Gasteiger partial charge in [0.15, 0.2) is 6.61 Å². The lowest BCUT2D eigenvalue weighted by Gasteiger charge is -2.29. The summed E-state index contributed by atoms with van der Waals surface area (Å²) in [6.07, 6.45) is 4.48. The predicted octanol–water partition coefficient (Wildman–Crippen LogP) is 4.67. The number of nitrogens with one attached hydrogen (secondary N) is 2. The van der Waals surface area contributed by atoms with Crippen LogP contribution < -0.4 is 15.4 Å². The molecule has 0 unspecified atom stereocenters. The highest BCUT2D eigenvalue weighted by Gasteiger charge is 2.23. The Morgan fingerprint density at radius 2 is 1.86 bits per heavy atom. The molecule has 2 N–H and O–H groups in total. The highest BCUT2D eigenvalue weighted by atomic mass is 35.5. The van der Waals surface area contributed by atoms with Gasteiger partial charge in [-0.15, -0.1) is 0 Å². The van der Waals surface area contributed by atoms with Gasteiger partial charge in [0.05, 0.1) is 5.56 Å². The SMILES string of the molecule is C[C@H]1CCCC[C@H]1NC(=O)COc1ccc(Cl)cc1C(=O)Nc1ccccc1. The summed E-state index contributed by atoms with van der Waals surface area (Å²) >= 11 is 6.06. The third-order valence-corrected chi connectivity index (χ3v) is 5.27. The molecule has 2 aromatic carbocycles. The summed E-state index contributed by atoms with van der Waals surface area (Å²) in [6.45, 7) is 2.02. The van der Waals surface area contributed by atoms with Gasteiger partial charge in [0.25, 0.3) is 11.8 Å². The van der Waals surface area contributed by atoms with Crippen molar-refractivity contribution in [2.45, 2.75) is 38.6 Å². The lowest BCUT2D eigenvalue weighted by atomic mass is 9.86. The molecule has 5 nitrogen and oxygen atoms in total. The fourth-order valence-corrected chi connectivity index (χ4v) is 3.62. The molecule has 3 rings (SSSR count). The minimum atomic E-state index is -0.343. The van der Waals surface area contributed by atoms with Crippen LogP contribution in [-0.2, 0) is 4.79 Å². The molecule has 2 atom stereocenters. The van der Waals surface area contributed by atoms with Crippen molar-refractivity contribution in [2.75, 3.05) is 11.9 Å². The van der Waals surface area contributed by atoms with E-state index in [0.29, 0.717) is 22.4 Å². The van der Waals surface area contributed by atoms with Crippen molar-refractivity contribution in [3.63, 3.8) is 0 Å². The summed E-state index contributed by atoms with van der Waals surface area (Å²) in [5.74, 6) is 0.276. The van der Waals surface area contributed by atoms with Crippen LogP contribution in [0.25, 0.3) is 0 Å². The van der Waals surface area contributed by atoms with Crippen molar-refractivity contribution in [2.24, 2.45) is 5.92 Å². The molecule has 0 aliphatic heterocycles. The average molecular weight is 401 g/mol. The van der Waals surface area contributed by atoms with E-state index in [-0.39, 0.29) is 30.0 Å². The van der Waals surface area contributed by atoms with E-state index in [0.717, 1.165) is 19.3 Å². The van der Waals surface area contributed by atoms with Gasteiger partial charge in [-0.25, -0.2) is 0 Å². The monoisotopic (exact) mass is 400 g/mol. The number of carbonyl (C=O) groups is 2. The smallest absolute Gasteiger partial charge is 0.259 e. The molecule has 1 saturated carbocycles. The minimum absolute atomic E-state index is 0.142. The Balaban J connectivity index is 1.63. The molecule has 0 bridgehead atoms. The molecular weight excluding hydrogens is 376 g/mol. The highest BCUT2D eigenvalue weighted by molar-refractivity contribution is 6.31. The van der Waals surface area contributed by atoms with Crippen LogP contribution in [0.1, 0.15) is 43.0 Å². The Labute approximate surface area is 170 Å². The third kappa shape index (κ3) is 5.49. The predicted molar refractivity (Wildman–Crippen MR) is 111 cm³/mol. The lowest BCUT2D eigenvalue weighted by molar-refractivity contribution is -0.124. The van der Waals surface area contributed by atoms with E-state index in [1.807, 2.05) is 18.2 Å². The average Bonchev–Trinajstić information content (AvgIpc) is 2.69. The molecule has 1 aliphatic carbocycles. The van der Waals surface area contributed by atoms with Crippen LogP contribution in [0.4, 0.5) is 5.69 Å². The molecule has 1 fully saturated rings. The Morgan fingerprint density at radius 3 is 2.61 bits per heavy atom. The maximum Gasteiger partial charge on any atom is 0.259 e. The molecule has 0 radical (unpaired) electrons. The van der Waals surface area contributed by atoms with Gasteiger partial charge in [0, 0.05) is 16.8 Å². The van der Waals surface area contributed by atoms with Gasteiger partial charge in [-0.1, -0.05) is 49.6 Å². The van der Waals surface area contributed by atoms with Gasteiger partial charge in [0.1, 0.15) is 5.75 Å². The topological polar surface area (TPSA) is 67.4 Å². The standard InChI is InChI=1S/C22H25ClN2O3/c1-15-7-5-6-10-19(15)25-21(26)14-28-20-12-11-16(23)13-18(20)22(27)24-17-8-3-2-4-9-17/h2-4,8-9,11-13,15,19H,5-7,10,14H2,1H3,(H,24,27)(H,25,26)/t15-,19+/m0/s1. The van der Waals surface area contributed by atoms with Crippen LogP contribution in [0.2, 0.25) is 5.02 Å². The van der Waals surface area contributed by atoms with E-state index < -0.39 is 0 Å². The van der Waals surface area contributed by atoms with E-state index >= 15 is 0 Å². The van der Waals surface area contributed by atoms with E-state index in [9.17, 15) is 9.59 Å². The molecule has 0 aromatic heterocycles. The van der Waals surface area contributed by atoms with Gasteiger partial charge >= 0.3 is 0 Å². The molecule has 28 heavy (non-hydrogen) atoms. The highest BCUT2D eigenvalue weighted by Crippen LogP contribution is 2.25. The second-order valence-corrected chi connectivity index (χ2v) is 7.62. The number of hydrogen-bond donors (Lipinski definition) is 2. The first-order valence-corrected chi connectivity index (χ1v) is 9.99. The third-order valence-electron chi connectivity index (χ3n) is 5.03. The summed E-state index contributed by atoms with van der Waals surface area (Å²) in [7, 11) is 0. The van der Waals surface area contributed by atoms with Gasteiger partial charge in [-0.05, 0) is 49.1 Å².